The third-order valence-electron chi connectivity index (χ3n) is 2.69. The van der Waals surface area contributed by atoms with Crippen molar-refractivity contribution in [1.29, 1.82) is 0 Å². The van der Waals surface area contributed by atoms with Crippen molar-refractivity contribution in [3.8, 4) is 11.5 Å². The van der Waals surface area contributed by atoms with Gasteiger partial charge in [0.05, 0.1) is 0 Å². The standard InChI is InChI=1S/C11H8BrN5O2/c1-16-9(6-4-2-3-5-13-6)15-17-8(12)7(10(18)19)14-11(16)17/h2-5H,1H3,(H,18,19). The van der Waals surface area contributed by atoms with Crippen LogP contribution in [0.3, 0.4) is 0 Å². The van der Waals surface area contributed by atoms with E-state index < -0.39 is 5.97 Å². The molecule has 0 unspecified atom stereocenters. The number of hydrogen-bond donors (Lipinski definition) is 1. The van der Waals surface area contributed by atoms with Crippen LogP contribution >= 0.6 is 15.9 Å². The van der Waals surface area contributed by atoms with E-state index in [2.05, 4.69) is 31.0 Å². The molecule has 19 heavy (non-hydrogen) atoms. The Morgan fingerprint density at radius 1 is 1.42 bits per heavy atom. The molecule has 0 amide bonds. The van der Waals surface area contributed by atoms with E-state index in [4.69, 9.17) is 5.11 Å². The topological polar surface area (TPSA) is 85.3 Å². The first kappa shape index (κ1) is 11.8. The minimum Gasteiger partial charge on any atom is -0.476 e. The second-order valence-electron chi connectivity index (χ2n) is 3.87. The van der Waals surface area contributed by atoms with Crippen molar-refractivity contribution >= 4 is 27.7 Å². The van der Waals surface area contributed by atoms with Crippen molar-refractivity contribution in [1.82, 2.24) is 24.1 Å². The summed E-state index contributed by atoms with van der Waals surface area (Å²) in [6.07, 6.45) is 1.67. The maximum absolute atomic E-state index is 11.0. The lowest BCUT2D eigenvalue weighted by molar-refractivity contribution is 0.0690. The van der Waals surface area contributed by atoms with Gasteiger partial charge in [-0.25, -0.2) is 9.78 Å². The number of rotatable bonds is 2. The quantitative estimate of drug-likeness (QED) is 0.774. The molecule has 0 spiro atoms. The number of aromatic nitrogens is 5. The van der Waals surface area contributed by atoms with Crippen LogP contribution in [-0.2, 0) is 7.05 Å². The predicted molar refractivity (Wildman–Crippen MR) is 69.8 cm³/mol. The molecule has 7 nitrogen and oxygen atoms in total. The van der Waals surface area contributed by atoms with Crippen LogP contribution in [0.4, 0.5) is 0 Å². The van der Waals surface area contributed by atoms with Gasteiger partial charge in [0.2, 0.25) is 5.78 Å². The van der Waals surface area contributed by atoms with E-state index in [0.717, 1.165) is 0 Å². The van der Waals surface area contributed by atoms with Crippen molar-refractivity contribution in [3.05, 3.63) is 34.7 Å². The molecule has 0 saturated heterocycles. The van der Waals surface area contributed by atoms with Gasteiger partial charge >= 0.3 is 5.97 Å². The average Bonchev–Trinajstić information content (AvgIpc) is 2.90. The second kappa shape index (κ2) is 4.16. The third kappa shape index (κ3) is 1.72. The Morgan fingerprint density at radius 3 is 2.79 bits per heavy atom. The zero-order valence-corrected chi connectivity index (χ0v) is 11.4. The first-order valence-corrected chi connectivity index (χ1v) is 6.14. The molecule has 0 bridgehead atoms. The largest absolute Gasteiger partial charge is 0.476 e. The Hall–Kier alpha value is -2.22. The molecule has 8 heteroatoms. The van der Waals surface area contributed by atoms with Crippen LogP contribution in [0.5, 0.6) is 0 Å². The van der Waals surface area contributed by atoms with E-state index in [1.54, 1.807) is 17.8 Å². The monoisotopic (exact) mass is 321 g/mol. The average molecular weight is 322 g/mol. The fourth-order valence-electron chi connectivity index (χ4n) is 1.80. The first-order valence-electron chi connectivity index (χ1n) is 5.35. The minimum atomic E-state index is -1.10. The predicted octanol–water partition coefficient (Wildman–Crippen LogP) is 1.59. The van der Waals surface area contributed by atoms with E-state index in [-0.39, 0.29) is 5.69 Å². The molecule has 1 N–H and O–H groups in total. The SMILES string of the molecule is Cn1c(-c2ccccn2)nn2c(Br)c(C(=O)O)nc12. The number of pyridine rings is 1. The molecule has 96 valence electrons. The highest BCUT2D eigenvalue weighted by Crippen LogP contribution is 2.22. The van der Waals surface area contributed by atoms with Crippen LogP contribution in [-0.4, -0.2) is 35.2 Å². The number of carboxylic acid groups (broad SMARTS) is 1. The van der Waals surface area contributed by atoms with Crippen LogP contribution in [0.15, 0.2) is 29.0 Å². The van der Waals surface area contributed by atoms with E-state index in [1.807, 2.05) is 18.2 Å². The van der Waals surface area contributed by atoms with Crippen molar-refractivity contribution in [3.63, 3.8) is 0 Å². The number of aromatic carboxylic acids is 1. The molecular weight excluding hydrogens is 314 g/mol. The molecule has 3 aromatic rings. The summed E-state index contributed by atoms with van der Waals surface area (Å²) in [4.78, 5) is 19.3. The fourth-order valence-corrected chi connectivity index (χ4v) is 2.29. The van der Waals surface area contributed by atoms with Gasteiger partial charge in [0.25, 0.3) is 0 Å². The highest BCUT2D eigenvalue weighted by Gasteiger charge is 2.21. The Balaban J connectivity index is 2.26. The van der Waals surface area contributed by atoms with E-state index in [9.17, 15) is 4.79 Å². The summed E-state index contributed by atoms with van der Waals surface area (Å²) in [6.45, 7) is 0. The molecule has 0 saturated carbocycles. The summed E-state index contributed by atoms with van der Waals surface area (Å²) in [5, 5.41) is 13.3. The van der Waals surface area contributed by atoms with Gasteiger partial charge in [-0.3, -0.25) is 9.55 Å². The van der Waals surface area contributed by atoms with Gasteiger partial charge in [-0.2, -0.15) is 4.52 Å². The first-order chi connectivity index (χ1) is 9.09. The fraction of sp³-hybridized carbons (Fsp3) is 0.0909. The molecule has 0 aliphatic heterocycles. The third-order valence-corrected chi connectivity index (χ3v) is 3.40. The number of hydrogen-bond acceptors (Lipinski definition) is 4. The maximum Gasteiger partial charge on any atom is 0.357 e. The van der Waals surface area contributed by atoms with Gasteiger partial charge in [0, 0.05) is 13.2 Å². The van der Waals surface area contributed by atoms with E-state index in [0.29, 0.717) is 21.9 Å². The summed E-state index contributed by atoms with van der Waals surface area (Å²) >= 11 is 3.20. The van der Waals surface area contributed by atoms with Gasteiger partial charge in [-0.1, -0.05) is 6.07 Å². The molecule has 3 heterocycles. The highest BCUT2D eigenvalue weighted by atomic mass is 79.9. The lowest BCUT2D eigenvalue weighted by atomic mass is 10.3. The van der Waals surface area contributed by atoms with Crippen LogP contribution in [0.25, 0.3) is 17.3 Å². The van der Waals surface area contributed by atoms with Gasteiger partial charge in [0.1, 0.15) is 10.3 Å². The van der Waals surface area contributed by atoms with E-state index in [1.165, 1.54) is 4.52 Å². The molecule has 3 aromatic heterocycles. The zero-order valence-electron chi connectivity index (χ0n) is 9.78. The lowest BCUT2D eigenvalue weighted by Crippen LogP contribution is -2.00. The van der Waals surface area contributed by atoms with Crippen LogP contribution in [0, 0.1) is 0 Å². The van der Waals surface area contributed by atoms with Crippen LogP contribution in [0.1, 0.15) is 10.5 Å². The Kier molecular flexibility index (Phi) is 2.59. The smallest absolute Gasteiger partial charge is 0.357 e. The number of nitrogens with zero attached hydrogens (tertiary/aromatic N) is 5. The van der Waals surface area contributed by atoms with E-state index >= 15 is 0 Å². The van der Waals surface area contributed by atoms with Crippen LogP contribution in [0.2, 0.25) is 0 Å². The molecule has 0 aliphatic carbocycles. The summed E-state index contributed by atoms with van der Waals surface area (Å²) in [5.74, 6) is -0.0533. The Morgan fingerprint density at radius 2 is 2.21 bits per heavy atom. The molecule has 0 radical (unpaired) electrons. The van der Waals surface area contributed by atoms with Gasteiger partial charge < -0.3 is 5.11 Å². The molecule has 0 atom stereocenters. The Bertz CT molecular complexity index is 777. The summed E-state index contributed by atoms with van der Waals surface area (Å²) < 4.78 is 3.44. The Labute approximate surface area is 115 Å². The number of carbonyl (C=O) groups is 1. The van der Waals surface area contributed by atoms with Crippen molar-refractivity contribution in [2.24, 2.45) is 7.05 Å². The molecule has 3 rings (SSSR count). The number of fused-ring (bicyclic) bond motifs is 1. The number of carboxylic acids is 1. The van der Waals surface area contributed by atoms with Gasteiger partial charge in [-0.15, -0.1) is 5.10 Å². The molecular formula is C11H8BrN5O2. The number of imidazole rings is 1. The number of halogens is 1. The normalized spacial score (nSPS) is 11.1. The molecule has 0 fully saturated rings. The van der Waals surface area contributed by atoms with Gasteiger partial charge in [-0.05, 0) is 28.1 Å². The minimum absolute atomic E-state index is 0.0642. The highest BCUT2D eigenvalue weighted by molar-refractivity contribution is 9.10. The lowest BCUT2D eigenvalue weighted by Gasteiger charge is -1.98. The summed E-state index contributed by atoms with van der Waals surface area (Å²) in [7, 11) is 1.76. The molecule has 0 aliphatic rings. The van der Waals surface area contributed by atoms with Crippen molar-refractivity contribution in [2.45, 2.75) is 0 Å². The summed E-state index contributed by atoms with van der Waals surface area (Å²) in [5.41, 5.74) is 0.630. The van der Waals surface area contributed by atoms with Crippen molar-refractivity contribution in [2.75, 3.05) is 0 Å². The summed E-state index contributed by atoms with van der Waals surface area (Å²) in [6, 6.07) is 5.50. The molecule has 0 aromatic carbocycles. The van der Waals surface area contributed by atoms with Gasteiger partial charge in [0.15, 0.2) is 11.5 Å². The van der Waals surface area contributed by atoms with Crippen molar-refractivity contribution < 1.29 is 9.90 Å². The second-order valence-corrected chi connectivity index (χ2v) is 4.62. The number of aryl methyl sites for hydroxylation is 1. The maximum atomic E-state index is 11.0. The van der Waals surface area contributed by atoms with Crippen LogP contribution < -0.4 is 0 Å². The zero-order chi connectivity index (χ0) is 13.6.